The minimum absolute atomic E-state index is 0.0368. The number of likely N-dealkylation sites (N-methyl/N-ethyl adjacent to an activating group) is 1. The molecule has 0 heterocycles. The first-order valence-electron chi connectivity index (χ1n) is 5.47. The van der Waals surface area contributed by atoms with Crippen LogP contribution in [-0.2, 0) is 4.79 Å². The molecule has 0 aromatic carbocycles. The van der Waals surface area contributed by atoms with Crippen LogP contribution in [0.15, 0.2) is 0 Å². The quantitative estimate of drug-likeness (QED) is 0.633. The van der Waals surface area contributed by atoms with Gasteiger partial charge in [0.05, 0.1) is 6.54 Å². The summed E-state index contributed by atoms with van der Waals surface area (Å²) < 4.78 is 0. The van der Waals surface area contributed by atoms with Crippen molar-refractivity contribution in [2.45, 2.75) is 38.1 Å². The maximum Gasteiger partial charge on any atom is 0.315 e. The van der Waals surface area contributed by atoms with Crippen LogP contribution in [0.5, 0.6) is 0 Å². The van der Waals surface area contributed by atoms with Gasteiger partial charge in [-0.15, -0.1) is 0 Å². The first-order chi connectivity index (χ1) is 7.22. The monoisotopic (exact) mass is 213 g/mol. The van der Waals surface area contributed by atoms with Gasteiger partial charge in [-0.2, -0.15) is 0 Å². The highest BCUT2D eigenvalue weighted by Crippen LogP contribution is 2.16. The number of nitrogens with one attached hydrogen (secondary N) is 3. The van der Waals surface area contributed by atoms with Crippen LogP contribution in [0.1, 0.15) is 32.1 Å². The van der Waals surface area contributed by atoms with Crippen LogP contribution in [0, 0.1) is 0 Å². The third-order valence-corrected chi connectivity index (χ3v) is 2.63. The van der Waals surface area contributed by atoms with Crippen LogP contribution >= 0.6 is 0 Å². The fourth-order valence-electron chi connectivity index (χ4n) is 1.73. The zero-order valence-electron chi connectivity index (χ0n) is 9.14. The number of carbonyl (C=O) groups excluding carboxylic acids is 2. The van der Waals surface area contributed by atoms with Crippen molar-refractivity contribution in [3.63, 3.8) is 0 Å². The van der Waals surface area contributed by atoms with Crippen LogP contribution in [0.3, 0.4) is 0 Å². The Morgan fingerprint density at radius 1 is 1.20 bits per heavy atom. The van der Waals surface area contributed by atoms with Crippen molar-refractivity contribution in [1.29, 1.82) is 0 Å². The first kappa shape index (κ1) is 11.8. The standard InChI is InChI=1S/C10H19N3O2/c1-11-9(14)7-12-10(15)13-8-5-3-2-4-6-8/h8H,2-7H2,1H3,(H,11,14)(H2,12,13,15). The van der Waals surface area contributed by atoms with E-state index < -0.39 is 0 Å². The minimum Gasteiger partial charge on any atom is -0.358 e. The Balaban J connectivity index is 2.14. The van der Waals surface area contributed by atoms with Crippen LogP contribution < -0.4 is 16.0 Å². The van der Waals surface area contributed by atoms with Crippen molar-refractivity contribution < 1.29 is 9.59 Å². The van der Waals surface area contributed by atoms with E-state index in [4.69, 9.17) is 0 Å². The molecule has 3 N–H and O–H groups in total. The number of rotatable bonds is 3. The minimum atomic E-state index is -0.245. The molecule has 5 nitrogen and oxygen atoms in total. The molecule has 0 bridgehead atoms. The highest BCUT2D eigenvalue weighted by molar-refractivity contribution is 5.83. The lowest BCUT2D eigenvalue weighted by Gasteiger charge is -2.22. The summed E-state index contributed by atoms with van der Waals surface area (Å²) in [6.45, 7) is 0.0368. The molecular weight excluding hydrogens is 194 g/mol. The molecule has 15 heavy (non-hydrogen) atoms. The van der Waals surface area contributed by atoms with Crippen LogP contribution in [-0.4, -0.2) is 31.6 Å². The van der Waals surface area contributed by atoms with Gasteiger partial charge in [-0.3, -0.25) is 4.79 Å². The first-order valence-corrected chi connectivity index (χ1v) is 5.47. The van der Waals surface area contributed by atoms with E-state index in [9.17, 15) is 9.59 Å². The zero-order valence-corrected chi connectivity index (χ0v) is 9.14. The van der Waals surface area contributed by atoms with E-state index in [1.165, 1.54) is 19.3 Å². The molecule has 0 aromatic rings. The highest BCUT2D eigenvalue weighted by atomic mass is 16.2. The highest BCUT2D eigenvalue weighted by Gasteiger charge is 2.15. The van der Waals surface area contributed by atoms with Crippen molar-refractivity contribution in [1.82, 2.24) is 16.0 Å². The Labute approximate surface area is 90.0 Å². The Bertz CT molecular complexity index is 225. The van der Waals surface area contributed by atoms with Crippen molar-refractivity contribution in [2.24, 2.45) is 0 Å². The summed E-state index contributed by atoms with van der Waals surface area (Å²) in [6.07, 6.45) is 5.72. The molecule has 0 aromatic heterocycles. The summed E-state index contributed by atoms with van der Waals surface area (Å²) >= 11 is 0. The van der Waals surface area contributed by atoms with Crippen molar-refractivity contribution in [2.75, 3.05) is 13.6 Å². The fourth-order valence-corrected chi connectivity index (χ4v) is 1.73. The van der Waals surface area contributed by atoms with Gasteiger partial charge in [-0.25, -0.2) is 4.79 Å². The summed E-state index contributed by atoms with van der Waals surface area (Å²) in [7, 11) is 1.54. The molecule has 86 valence electrons. The molecular formula is C10H19N3O2. The molecule has 0 radical (unpaired) electrons. The maximum atomic E-state index is 11.3. The fraction of sp³-hybridized carbons (Fsp3) is 0.800. The van der Waals surface area contributed by atoms with E-state index in [0.29, 0.717) is 0 Å². The summed E-state index contributed by atoms with van der Waals surface area (Å²) in [5, 5.41) is 7.83. The Morgan fingerprint density at radius 2 is 1.87 bits per heavy atom. The summed E-state index contributed by atoms with van der Waals surface area (Å²) in [6, 6.07) is 0.0361. The van der Waals surface area contributed by atoms with E-state index in [1.807, 2.05) is 0 Å². The SMILES string of the molecule is CNC(=O)CNC(=O)NC1CCCCC1. The van der Waals surface area contributed by atoms with E-state index in [2.05, 4.69) is 16.0 Å². The molecule has 5 heteroatoms. The summed E-state index contributed by atoms with van der Waals surface area (Å²) in [4.78, 5) is 22.2. The van der Waals surface area contributed by atoms with Crippen LogP contribution in [0.2, 0.25) is 0 Å². The number of hydrogen-bond donors (Lipinski definition) is 3. The molecule has 3 amide bonds. The molecule has 0 saturated heterocycles. The van der Waals surface area contributed by atoms with Gasteiger partial charge in [0, 0.05) is 13.1 Å². The van der Waals surface area contributed by atoms with Gasteiger partial charge in [0.2, 0.25) is 5.91 Å². The molecule has 0 atom stereocenters. The van der Waals surface area contributed by atoms with Crippen molar-refractivity contribution in [3.8, 4) is 0 Å². The van der Waals surface area contributed by atoms with Gasteiger partial charge in [-0.1, -0.05) is 19.3 Å². The van der Waals surface area contributed by atoms with E-state index in [1.54, 1.807) is 7.05 Å². The number of urea groups is 1. The molecule has 0 unspecified atom stereocenters. The van der Waals surface area contributed by atoms with Crippen LogP contribution in [0.4, 0.5) is 4.79 Å². The molecule has 1 saturated carbocycles. The second-order valence-electron chi connectivity index (χ2n) is 3.84. The predicted octanol–water partition coefficient (Wildman–Crippen LogP) is 0.364. The van der Waals surface area contributed by atoms with E-state index in [0.717, 1.165) is 12.8 Å². The summed E-state index contributed by atoms with van der Waals surface area (Å²) in [5.74, 6) is -0.186. The third-order valence-electron chi connectivity index (χ3n) is 2.63. The Kier molecular flexibility index (Phi) is 4.93. The number of amides is 3. The largest absolute Gasteiger partial charge is 0.358 e. The second kappa shape index (κ2) is 6.27. The average molecular weight is 213 g/mol. The molecule has 0 aliphatic heterocycles. The van der Waals surface area contributed by atoms with Gasteiger partial charge in [0.1, 0.15) is 0 Å². The smallest absolute Gasteiger partial charge is 0.315 e. The molecule has 1 rings (SSSR count). The molecule has 0 spiro atoms. The lowest BCUT2D eigenvalue weighted by atomic mass is 9.96. The number of carbonyl (C=O) groups is 2. The second-order valence-corrected chi connectivity index (χ2v) is 3.84. The third kappa shape index (κ3) is 4.67. The Hall–Kier alpha value is -1.26. The normalized spacial score (nSPS) is 16.9. The van der Waals surface area contributed by atoms with Gasteiger partial charge in [0.15, 0.2) is 0 Å². The molecule has 1 aliphatic rings. The van der Waals surface area contributed by atoms with Crippen LogP contribution in [0.25, 0.3) is 0 Å². The van der Waals surface area contributed by atoms with Gasteiger partial charge in [-0.05, 0) is 12.8 Å². The van der Waals surface area contributed by atoms with Crippen molar-refractivity contribution >= 4 is 11.9 Å². The van der Waals surface area contributed by atoms with Gasteiger partial charge < -0.3 is 16.0 Å². The van der Waals surface area contributed by atoms with E-state index in [-0.39, 0.29) is 24.5 Å². The molecule has 1 aliphatic carbocycles. The Morgan fingerprint density at radius 3 is 2.47 bits per heavy atom. The summed E-state index contributed by atoms with van der Waals surface area (Å²) in [5.41, 5.74) is 0. The zero-order chi connectivity index (χ0) is 11.1. The lowest BCUT2D eigenvalue weighted by Crippen LogP contribution is -2.45. The van der Waals surface area contributed by atoms with Crippen molar-refractivity contribution in [3.05, 3.63) is 0 Å². The predicted molar refractivity (Wildman–Crippen MR) is 57.5 cm³/mol. The average Bonchev–Trinajstić information content (AvgIpc) is 2.27. The van der Waals surface area contributed by atoms with Gasteiger partial charge in [0.25, 0.3) is 0 Å². The maximum absolute atomic E-state index is 11.3. The van der Waals surface area contributed by atoms with Gasteiger partial charge >= 0.3 is 6.03 Å². The topological polar surface area (TPSA) is 70.2 Å². The molecule has 1 fully saturated rings. The lowest BCUT2D eigenvalue weighted by molar-refractivity contribution is -0.119. The van der Waals surface area contributed by atoms with E-state index >= 15 is 0 Å². The number of hydrogen-bond acceptors (Lipinski definition) is 2.